The van der Waals surface area contributed by atoms with Gasteiger partial charge in [-0.1, -0.05) is 6.08 Å². The molecular formula is C11H17NO4. The molecule has 0 aromatic heterocycles. The van der Waals surface area contributed by atoms with Crippen LogP contribution in [0.15, 0.2) is 23.9 Å². The lowest BCUT2D eigenvalue weighted by atomic mass is 10.1. The second-order valence-corrected chi connectivity index (χ2v) is 3.30. The number of allylic oxidation sites excluding steroid dienone is 1. The van der Waals surface area contributed by atoms with Crippen LogP contribution in [0.1, 0.15) is 12.8 Å². The Balaban J connectivity index is 2.47. The Kier molecular flexibility index (Phi) is 5.60. The van der Waals surface area contributed by atoms with E-state index in [1.54, 1.807) is 6.08 Å². The first kappa shape index (κ1) is 12.7. The molecule has 0 atom stereocenters. The molecule has 1 saturated heterocycles. The molecular weight excluding hydrogens is 210 g/mol. The first-order chi connectivity index (χ1) is 7.76. The summed E-state index contributed by atoms with van der Waals surface area (Å²) in [6.07, 6.45) is 5.54. The summed E-state index contributed by atoms with van der Waals surface area (Å²) in [7, 11) is 1.36. The second-order valence-electron chi connectivity index (χ2n) is 3.30. The van der Waals surface area contributed by atoms with Crippen LogP contribution >= 0.6 is 0 Å². The van der Waals surface area contributed by atoms with Gasteiger partial charge in [-0.15, -0.1) is 0 Å². The van der Waals surface area contributed by atoms with Crippen LogP contribution in [0.3, 0.4) is 0 Å². The predicted octanol–water partition coefficient (Wildman–Crippen LogP) is 0.711. The van der Waals surface area contributed by atoms with Crippen molar-refractivity contribution in [3.8, 4) is 0 Å². The van der Waals surface area contributed by atoms with E-state index in [1.165, 1.54) is 13.3 Å². The fraction of sp³-hybridized carbons (Fsp3) is 0.545. The van der Waals surface area contributed by atoms with Gasteiger partial charge in [0, 0.05) is 6.42 Å². The Hall–Kier alpha value is -1.33. The van der Waals surface area contributed by atoms with Crippen LogP contribution in [0.25, 0.3) is 0 Å². The molecule has 0 aromatic rings. The average molecular weight is 227 g/mol. The molecule has 0 aliphatic carbocycles. The molecule has 0 aromatic carbocycles. The molecule has 2 N–H and O–H groups in total. The number of rotatable bonds is 5. The van der Waals surface area contributed by atoms with Crippen LogP contribution in [0.4, 0.5) is 0 Å². The minimum absolute atomic E-state index is 0.205. The largest absolute Gasteiger partial charge is 0.469 e. The van der Waals surface area contributed by atoms with Crippen molar-refractivity contribution in [2.75, 3.05) is 20.3 Å². The highest BCUT2D eigenvalue weighted by molar-refractivity contribution is 5.73. The Morgan fingerprint density at radius 3 is 2.75 bits per heavy atom. The standard InChI is InChI=1S/C11H17NO4/c1-14-10(13)8-9(4-5-12)2-3-11-15-6-7-16-11/h2,4-5,11H,3,6-8,12H2,1H3/b5-4-,9-2+. The van der Waals surface area contributed by atoms with Crippen LogP contribution < -0.4 is 5.73 Å². The number of carbonyl (C=O) groups excluding carboxylic acids is 1. The van der Waals surface area contributed by atoms with E-state index in [9.17, 15) is 4.79 Å². The SMILES string of the molecule is COC(=O)CC(/C=C\N)=C/CC1OCCO1. The minimum atomic E-state index is -0.294. The van der Waals surface area contributed by atoms with E-state index in [4.69, 9.17) is 15.2 Å². The molecule has 1 fully saturated rings. The Labute approximate surface area is 94.8 Å². The summed E-state index contributed by atoms with van der Waals surface area (Å²) >= 11 is 0. The van der Waals surface area contributed by atoms with Gasteiger partial charge in [-0.25, -0.2) is 0 Å². The molecule has 0 bridgehead atoms. The number of nitrogens with two attached hydrogens (primary N) is 1. The van der Waals surface area contributed by atoms with Crippen molar-refractivity contribution in [2.45, 2.75) is 19.1 Å². The number of esters is 1. The molecule has 1 rings (SSSR count). The summed E-state index contributed by atoms with van der Waals surface area (Å²) in [6, 6.07) is 0. The van der Waals surface area contributed by atoms with Crippen molar-refractivity contribution in [2.24, 2.45) is 5.73 Å². The molecule has 1 aliphatic rings. The van der Waals surface area contributed by atoms with Crippen molar-refractivity contribution in [1.82, 2.24) is 0 Å². The van der Waals surface area contributed by atoms with E-state index in [2.05, 4.69) is 4.74 Å². The molecule has 5 heteroatoms. The number of carbonyl (C=O) groups is 1. The fourth-order valence-electron chi connectivity index (χ4n) is 1.35. The van der Waals surface area contributed by atoms with Crippen LogP contribution in [-0.2, 0) is 19.0 Å². The molecule has 0 unspecified atom stereocenters. The fourth-order valence-corrected chi connectivity index (χ4v) is 1.35. The molecule has 0 spiro atoms. The zero-order valence-electron chi connectivity index (χ0n) is 9.35. The Morgan fingerprint density at radius 1 is 1.50 bits per heavy atom. The molecule has 16 heavy (non-hydrogen) atoms. The monoisotopic (exact) mass is 227 g/mol. The minimum Gasteiger partial charge on any atom is -0.469 e. The van der Waals surface area contributed by atoms with Gasteiger partial charge in [0.1, 0.15) is 0 Å². The van der Waals surface area contributed by atoms with E-state index in [0.717, 1.165) is 5.57 Å². The first-order valence-electron chi connectivity index (χ1n) is 5.13. The van der Waals surface area contributed by atoms with Gasteiger partial charge >= 0.3 is 5.97 Å². The van der Waals surface area contributed by atoms with Gasteiger partial charge in [0.05, 0.1) is 26.7 Å². The quantitative estimate of drug-likeness (QED) is 0.553. The molecule has 0 saturated carbocycles. The first-order valence-corrected chi connectivity index (χ1v) is 5.13. The number of hydrogen-bond donors (Lipinski definition) is 1. The zero-order chi connectivity index (χ0) is 11.8. The molecule has 1 aliphatic heterocycles. The maximum Gasteiger partial charge on any atom is 0.309 e. The van der Waals surface area contributed by atoms with Crippen LogP contribution in [0.5, 0.6) is 0 Å². The zero-order valence-corrected chi connectivity index (χ0v) is 9.35. The van der Waals surface area contributed by atoms with Gasteiger partial charge in [-0.05, 0) is 17.8 Å². The van der Waals surface area contributed by atoms with Crippen molar-refractivity contribution in [1.29, 1.82) is 0 Å². The number of ether oxygens (including phenoxy) is 3. The highest BCUT2D eigenvalue weighted by Crippen LogP contribution is 2.12. The molecule has 0 amide bonds. The van der Waals surface area contributed by atoms with E-state index in [0.29, 0.717) is 19.6 Å². The summed E-state index contributed by atoms with van der Waals surface area (Å²) in [6.45, 7) is 1.25. The third kappa shape index (κ3) is 4.46. The van der Waals surface area contributed by atoms with Gasteiger partial charge in [0.25, 0.3) is 0 Å². The third-order valence-electron chi connectivity index (χ3n) is 2.15. The van der Waals surface area contributed by atoms with E-state index in [-0.39, 0.29) is 18.7 Å². The second kappa shape index (κ2) is 7.03. The van der Waals surface area contributed by atoms with Gasteiger partial charge < -0.3 is 19.9 Å². The molecule has 0 radical (unpaired) electrons. The summed E-state index contributed by atoms with van der Waals surface area (Å²) in [4.78, 5) is 11.1. The van der Waals surface area contributed by atoms with Gasteiger partial charge in [0.2, 0.25) is 0 Å². The lowest BCUT2D eigenvalue weighted by Crippen LogP contribution is -2.06. The Morgan fingerprint density at radius 2 is 2.19 bits per heavy atom. The predicted molar refractivity (Wildman–Crippen MR) is 58.4 cm³/mol. The lowest BCUT2D eigenvalue weighted by Gasteiger charge is -2.06. The van der Waals surface area contributed by atoms with Crippen molar-refractivity contribution in [3.63, 3.8) is 0 Å². The lowest BCUT2D eigenvalue weighted by molar-refractivity contribution is -0.139. The topological polar surface area (TPSA) is 70.8 Å². The Bertz CT molecular complexity index is 280. The van der Waals surface area contributed by atoms with E-state index >= 15 is 0 Å². The maximum absolute atomic E-state index is 11.1. The highest BCUT2D eigenvalue weighted by atomic mass is 16.7. The summed E-state index contributed by atoms with van der Waals surface area (Å²) in [5.74, 6) is -0.294. The summed E-state index contributed by atoms with van der Waals surface area (Å²) in [5, 5.41) is 0. The number of methoxy groups -OCH3 is 1. The smallest absolute Gasteiger partial charge is 0.309 e. The van der Waals surface area contributed by atoms with Gasteiger partial charge in [0.15, 0.2) is 6.29 Å². The van der Waals surface area contributed by atoms with Crippen molar-refractivity contribution >= 4 is 5.97 Å². The van der Waals surface area contributed by atoms with E-state index < -0.39 is 0 Å². The van der Waals surface area contributed by atoms with Crippen LogP contribution in [-0.4, -0.2) is 32.6 Å². The number of hydrogen-bond acceptors (Lipinski definition) is 5. The van der Waals surface area contributed by atoms with Crippen molar-refractivity contribution in [3.05, 3.63) is 23.9 Å². The summed E-state index contributed by atoms with van der Waals surface area (Å²) < 4.78 is 15.1. The third-order valence-corrected chi connectivity index (χ3v) is 2.15. The van der Waals surface area contributed by atoms with E-state index in [1.807, 2.05) is 6.08 Å². The van der Waals surface area contributed by atoms with Gasteiger partial charge in [-0.3, -0.25) is 4.79 Å². The highest BCUT2D eigenvalue weighted by Gasteiger charge is 2.14. The maximum atomic E-state index is 11.1. The molecule has 5 nitrogen and oxygen atoms in total. The van der Waals surface area contributed by atoms with Crippen LogP contribution in [0, 0.1) is 0 Å². The normalized spacial score (nSPS) is 18.2. The van der Waals surface area contributed by atoms with Gasteiger partial charge in [-0.2, -0.15) is 0 Å². The molecule has 1 heterocycles. The van der Waals surface area contributed by atoms with Crippen LogP contribution in [0.2, 0.25) is 0 Å². The molecule has 90 valence electrons. The average Bonchev–Trinajstić information content (AvgIpc) is 2.79. The van der Waals surface area contributed by atoms with Crippen molar-refractivity contribution < 1.29 is 19.0 Å². The summed E-state index contributed by atoms with van der Waals surface area (Å²) in [5.41, 5.74) is 6.09.